The van der Waals surface area contributed by atoms with Crippen molar-refractivity contribution in [2.75, 3.05) is 12.4 Å². The molecule has 1 aromatic rings. The third-order valence-corrected chi connectivity index (χ3v) is 6.18. The highest BCUT2D eigenvalue weighted by molar-refractivity contribution is 7.89. The molecule has 2 aliphatic carbocycles. The zero-order valence-electron chi connectivity index (χ0n) is 12.2. The predicted octanol–water partition coefficient (Wildman–Crippen LogP) is 1.89. The molecule has 0 bridgehead atoms. The molecule has 0 aromatic heterocycles. The maximum atomic E-state index is 12.2. The SMILES string of the molecule is CNS(=O)(=O)c1cc(NC(=O)C2CC3CC3C2)ccc1C. The minimum atomic E-state index is -3.51. The molecule has 0 saturated heterocycles. The van der Waals surface area contributed by atoms with Crippen molar-refractivity contribution in [3.8, 4) is 0 Å². The van der Waals surface area contributed by atoms with Crippen LogP contribution in [0.2, 0.25) is 0 Å². The molecule has 2 unspecified atom stereocenters. The van der Waals surface area contributed by atoms with Gasteiger partial charge < -0.3 is 5.32 Å². The molecule has 2 fully saturated rings. The molecule has 1 aromatic carbocycles. The van der Waals surface area contributed by atoms with Gasteiger partial charge in [-0.1, -0.05) is 6.07 Å². The van der Waals surface area contributed by atoms with E-state index in [0.29, 0.717) is 11.3 Å². The van der Waals surface area contributed by atoms with Gasteiger partial charge in [-0.05, 0) is 62.8 Å². The molecule has 1 amide bonds. The number of anilines is 1. The predicted molar refractivity (Wildman–Crippen MR) is 80.4 cm³/mol. The third-order valence-electron chi connectivity index (χ3n) is 4.63. The van der Waals surface area contributed by atoms with Gasteiger partial charge in [0.1, 0.15) is 0 Å². The first-order valence-electron chi connectivity index (χ1n) is 7.26. The Morgan fingerprint density at radius 2 is 1.86 bits per heavy atom. The number of aryl methyl sites for hydroxylation is 1. The van der Waals surface area contributed by atoms with E-state index in [0.717, 1.165) is 24.7 Å². The van der Waals surface area contributed by atoms with Crippen molar-refractivity contribution in [1.82, 2.24) is 4.72 Å². The van der Waals surface area contributed by atoms with Crippen LogP contribution < -0.4 is 10.0 Å². The number of rotatable bonds is 4. The van der Waals surface area contributed by atoms with Gasteiger partial charge in [-0.15, -0.1) is 0 Å². The monoisotopic (exact) mass is 308 g/mol. The Morgan fingerprint density at radius 1 is 1.19 bits per heavy atom. The van der Waals surface area contributed by atoms with Gasteiger partial charge in [-0.2, -0.15) is 0 Å². The fourth-order valence-corrected chi connectivity index (χ4v) is 4.24. The number of carbonyl (C=O) groups excluding carboxylic acids is 1. The van der Waals surface area contributed by atoms with Gasteiger partial charge in [0, 0.05) is 11.6 Å². The van der Waals surface area contributed by atoms with Gasteiger partial charge >= 0.3 is 0 Å². The van der Waals surface area contributed by atoms with Crippen LogP contribution in [-0.4, -0.2) is 21.4 Å². The molecule has 2 saturated carbocycles. The largest absolute Gasteiger partial charge is 0.326 e. The molecule has 2 N–H and O–H groups in total. The summed E-state index contributed by atoms with van der Waals surface area (Å²) in [5, 5.41) is 2.86. The zero-order valence-corrected chi connectivity index (χ0v) is 13.0. The Kier molecular flexibility index (Phi) is 3.53. The molecule has 21 heavy (non-hydrogen) atoms. The second-order valence-corrected chi connectivity index (χ2v) is 7.96. The van der Waals surface area contributed by atoms with Crippen LogP contribution in [0.4, 0.5) is 5.69 Å². The highest BCUT2D eigenvalue weighted by Crippen LogP contribution is 2.54. The van der Waals surface area contributed by atoms with Gasteiger partial charge in [0.25, 0.3) is 0 Å². The molecule has 2 aliphatic rings. The van der Waals surface area contributed by atoms with Gasteiger partial charge in [-0.3, -0.25) is 4.79 Å². The smallest absolute Gasteiger partial charge is 0.240 e. The molecule has 0 aliphatic heterocycles. The average Bonchev–Trinajstić information content (AvgIpc) is 3.07. The molecule has 114 valence electrons. The van der Waals surface area contributed by atoms with Crippen LogP contribution in [0.15, 0.2) is 23.1 Å². The number of amides is 1. The lowest BCUT2D eigenvalue weighted by atomic mass is 10.0. The van der Waals surface area contributed by atoms with E-state index in [1.165, 1.54) is 19.5 Å². The van der Waals surface area contributed by atoms with E-state index in [1.54, 1.807) is 19.1 Å². The van der Waals surface area contributed by atoms with Crippen molar-refractivity contribution in [2.45, 2.75) is 31.1 Å². The molecule has 6 heteroatoms. The number of hydrogen-bond acceptors (Lipinski definition) is 3. The summed E-state index contributed by atoms with van der Waals surface area (Å²) in [7, 11) is -2.13. The van der Waals surface area contributed by atoms with Crippen molar-refractivity contribution in [1.29, 1.82) is 0 Å². The standard InChI is InChI=1S/C15H20N2O3S/c1-9-3-4-13(8-14(9)21(19,20)16-2)17-15(18)12-6-10-5-11(10)7-12/h3-4,8,10-12,16H,5-7H2,1-2H3,(H,17,18). The molecule has 0 spiro atoms. The molecular formula is C15H20N2O3S. The molecule has 0 radical (unpaired) electrons. The Bertz CT molecular complexity index is 674. The number of carbonyl (C=O) groups is 1. The quantitative estimate of drug-likeness (QED) is 0.892. The van der Waals surface area contributed by atoms with Crippen molar-refractivity contribution in [3.05, 3.63) is 23.8 Å². The number of hydrogen-bond donors (Lipinski definition) is 2. The normalized spacial score (nSPS) is 27.2. The van der Waals surface area contributed by atoms with Crippen LogP contribution in [0, 0.1) is 24.7 Å². The van der Waals surface area contributed by atoms with E-state index in [1.807, 2.05) is 0 Å². The first kappa shape index (κ1) is 14.5. The Balaban J connectivity index is 1.76. The fraction of sp³-hybridized carbons (Fsp3) is 0.533. The van der Waals surface area contributed by atoms with Crippen molar-refractivity contribution in [2.24, 2.45) is 17.8 Å². The number of benzene rings is 1. The topological polar surface area (TPSA) is 75.3 Å². The zero-order chi connectivity index (χ0) is 15.2. The second-order valence-electron chi connectivity index (χ2n) is 6.10. The van der Waals surface area contributed by atoms with Gasteiger partial charge in [0.05, 0.1) is 4.90 Å². The highest BCUT2D eigenvalue weighted by atomic mass is 32.2. The number of nitrogens with one attached hydrogen (secondary N) is 2. The van der Waals surface area contributed by atoms with E-state index < -0.39 is 10.0 Å². The van der Waals surface area contributed by atoms with E-state index in [-0.39, 0.29) is 16.7 Å². The average molecular weight is 308 g/mol. The van der Waals surface area contributed by atoms with E-state index >= 15 is 0 Å². The molecule has 2 atom stereocenters. The van der Waals surface area contributed by atoms with Gasteiger partial charge in [0.15, 0.2) is 0 Å². The fourth-order valence-electron chi connectivity index (χ4n) is 3.25. The van der Waals surface area contributed by atoms with Crippen LogP contribution >= 0.6 is 0 Å². The van der Waals surface area contributed by atoms with Crippen LogP contribution in [0.3, 0.4) is 0 Å². The summed E-state index contributed by atoms with van der Waals surface area (Å²) < 4.78 is 26.2. The van der Waals surface area contributed by atoms with Crippen molar-refractivity contribution >= 4 is 21.6 Å². The molecular weight excluding hydrogens is 288 g/mol. The third kappa shape index (κ3) is 2.82. The van der Waals surface area contributed by atoms with Crippen LogP contribution in [0.1, 0.15) is 24.8 Å². The van der Waals surface area contributed by atoms with E-state index in [9.17, 15) is 13.2 Å². The Morgan fingerprint density at radius 3 is 2.48 bits per heavy atom. The maximum absolute atomic E-state index is 12.2. The summed E-state index contributed by atoms with van der Waals surface area (Å²) in [6.07, 6.45) is 3.23. The summed E-state index contributed by atoms with van der Waals surface area (Å²) in [6, 6.07) is 4.98. The highest BCUT2D eigenvalue weighted by Gasteiger charge is 2.47. The second kappa shape index (κ2) is 5.10. The molecule has 0 heterocycles. The van der Waals surface area contributed by atoms with E-state index in [2.05, 4.69) is 10.0 Å². The van der Waals surface area contributed by atoms with E-state index in [4.69, 9.17) is 0 Å². The van der Waals surface area contributed by atoms with Crippen LogP contribution in [0.25, 0.3) is 0 Å². The van der Waals surface area contributed by atoms with Crippen molar-refractivity contribution in [3.63, 3.8) is 0 Å². The Labute approximate surface area is 125 Å². The van der Waals surface area contributed by atoms with Crippen molar-refractivity contribution < 1.29 is 13.2 Å². The first-order chi connectivity index (χ1) is 9.90. The van der Waals surface area contributed by atoms with Crippen LogP contribution in [-0.2, 0) is 14.8 Å². The minimum absolute atomic E-state index is 0.0128. The number of fused-ring (bicyclic) bond motifs is 1. The maximum Gasteiger partial charge on any atom is 0.240 e. The van der Waals surface area contributed by atoms with Gasteiger partial charge in [0.2, 0.25) is 15.9 Å². The lowest BCUT2D eigenvalue weighted by molar-refractivity contribution is -0.120. The summed E-state index contributed by atoms with van der Waals surface area (Å²) >= 11 is 0. The summed E-state index contributed by atoms with van der Waals surface area (Å²) in [5.74, 6) is 1.59. The van der Waals surface area contributed by atoms with Gasteiger partial charge in [-0.25, -0.2) is 13.1 Å². The summed E-state index contributed by atoms with van der Waals surface area (Å²) in [4.78, 5) is 12.4. The molecule has 3 rings (SSSR count). The molecule has 5 nitrogen and oxygen atoms in total. The van der Waals surface area contributed by atoms with Crippen LogP contribution in [0.5, 0.6) is 0 Å². The number of sulfonamides is 1. The lowest BCUT2D eigenvalue weighted by Crippen LogP contribution is -2.23. The summed E-state index contributed by atoms with van der Waals surface area (Å²) in [6.45, 7) is 1.74. The first-order valence-corrected chi connectivity index (χ1v) is 8.74. The Hall–Kier alpha value is -1.40. The minimum Gasteiger partial charge on any atom is -0.326 e. The summed E-state index contributed by atoms with van der Waals surface area (Å²) in [5.41, 5.74) is 1.20. The lowest BCUT2D eigenvalue weighted by Gasteiger charge is -2.14.